The molecule has 0 spiro atoms. The molecule has 2 saturated carbocycles. The minimum Gasteiger partial charge on any atom is -0.316 e. The fourth-order valence-corrected chi connectivity index (χ4v) is 3.69. The van der Waals surface area contributed by atoms with Crippen LogP contribution < -0.4 is 5.32 Å². The van der Waals surface area contributed by atoms with E-state index in [2.05, 4.69) is 33.1 Å². The Morgan fingerprint density at radius 1 is 1.27 bits per heavy atom. The zero-order valence-electron chi connectivity index (χ0n) is 10.8. The van der Waals surface area contributed by atoms with Crippen molar-refractivity contribution < 1.29 is 0 Å². The van der Waals surface area contributed by atoms with Crippen molar-refractivity contribution in [3.8, 4) is 0 Å². The van der Waals surface area contributed by atoms with Gasteiger partial charge in [0, 0.05) is 6.04 Å². The maximum atomic E-state index is 3.61. The van der Waals surface area contributed by atoms with E-state index in [1.165, 1.54) is 32.1 Å². The smallest absolute Gasteiger partial charge is 0.0126 e. The fraction of sp³-hybridized carbons (Fsp3) is 1.00. The Bertz CT molecular complexity index is 221. The van der Waals surface area contributed by atoms with Crippen LogP contribution in [0.3, 0.4) is 0 Å². The van der Waals surface area contributed by atoms with Crippen LogP contribution in [0.5, 0.6) is 0 Å². The topological polar surface area (TPSA) is 12.0 Å². The van der Waals surface area contributed by atoms with Crippen molar-refractivity contribution >= 4 is 0 Å². The van der Waals surface area contributed by atoms with Crippen molar-refractivity contribution in [2.24, 2.45) is 23.2 Å². The summed E-state index contributed by atoms with van der Waals surface area (Å²) in [5.41, 5.74) is 0.619. The van der Waals surface area contributed by atoms with Crippen LogP contribution in [0.25, 0.3) is 0 Å². The summed E-state index contributed by atoms with van der Waals surface area (Å²) in [5.74, 6) is 2.85. The Morgan fingerprint density at radius 3 is 2.40 bits per heavy atom. The summed E-state index contributed by atoms with van der Waals surface area (Å²) in [6.07, 6.45) is 7.27. The molecule has 1 N–H and O–H groups in total. The lowest BCUT2D eigenvalue weighted by Crippen LogP contribution is -2.39. The van der Waals surface area contributed by atoms with Gasteiger partial charge in [0.05, 0.1) is 0 Å². The molecular weight excluding hydrogens is 182 g/mol. The van der Waals surface area contributed by atoms with Gasteiger partial charge in [0.2, 0.25) is 0 Å². The zero-order valence-corrected chi connectivity index (χ0v) is 10.8. The SMILES string of the molecule is CNC(C1CCCC(C)C1)C1CC1(C)C. The summed E-state index contributed by atoms with van der Waals surface area (Å²) in [6.45, 7) is 7.28. The van der Waals surface area contributed by atoms with Gasteiger partial charge in [-0.1, -0.05) is 33.6 Å². The Balaban J connectivity index is 1.94. The number of nitrogens with one attached hydrogen (secondary N) is 1. The maximum absolute atomic E-state index is 3.61. The molecule has 1 heteroatoms. The van der Waals surface area contributed by atoms with E-state index in [-0.39, 0.29) is 0 Å². The molecule has 0 aromatic heterocycles. The highest BCUT2D eigenvalue weighted by atomic mass is 14.9. The molecule has 88 valence electrons. The predicted molar refractivity (Wildman–Crippen MR) is 65.9 cm³/mol. The molecule has 1 nitrogen and oxygen atoms in total. The van der Waals surface area contributed by atoms with Crippen LogP contribution in [0, 0.1) is 23.2 Å². The second kappa shape index (κ2) is 4.08. The average Bonchev–Trinajstić information content (AvgIpc) is 2.76. The largest absolute Gasteiger partial charge is 0.316 e. The second-order valence-electron chi connectivity index (χ2n) is 6.65. The lowest BCUT2D eigenvalue weighted by Gasteiger charge is -2.34. The van der Waals surface area contributed by atoms with Crippen molar-refractivity contribution in [2.75, 3.05) is 7.05 Å². The first-order valence-electron chi connectivity index (χ1n) is 6.72. The van der Waals surface area contributed by atoms with Crippen molar-refractivity contribution in [3.05, 3.63) is 0 Å². The zero-order chi connectivity index (χ0) is 11.1. The van der Waals surface area contributed by atoms with E-state index < -0.39 is 0 Å². The Labute approximate surface area is 95.0 Å². The molecule has 0 aliphatic heterocycles. The molecule has 0 bridgehead atoms. The number of rotatable bonds is 3. The normalized spacial score (nSPS) is 41.2. The van der Waals surface area contributed by atoms with E-state index in [0.29, 0.717) is 5.41 Å². The highest BCUT2D eigenvalue weighted by Gasteiger charge is 2.51. The van der Waals surface area contributed by atoms with Gasteiger partial charge < -0.3 is 5.32 Å². The van der Waals surface area contributed by atoms with E-state index in [1.807, 2.05) is 0 Å². The van der Waals surface area contributed by atoms with Crippen molar-refractivity contribution in [2.45, 2.75) is 58.9 Å². The van der Waals surface area contributed by atoms with Crippen LogP contribution in [0.1, 0.15) is 52.9 Å². The Kier molecular flexibility index (Phi) is 3.12. The monoisotopic (exact) mass is 209 g/mol. The first kappa shape index (κ1) is 11.4. The lowest BCUT2D eigenvalue weighted by molar-refractivity contribution is 0.203. The third kappa shape index (κ3) is 2.38. The lowest BCUT2D eigenvalue weighted by atomic mass is 9.76. The fourth-order valence-electron chi connectivity index (χ4n) is 3.69. The Morgan fingerprint density at radius 2 is 1.93 bits per heavy atom. The molecule has 4 unspecified atom stereocenters. The minimum atomic E-state index is 0.619. The molecular formula is C14H27N. The average molecular weight is 209 g/mol. The third-order valence-electron chi connectivity index (χ3n) is 4.84. The van der Waals surface area contributed by atoms with Crippen molar-refractivity contribution in [3.63, 3.8) is 0 Å². The van der Waals surface area contributed by atoms with Crippen LogP contribution in [0.4, 0.5) is 0 Å². The van der Waals surface area contributed by atoms with E-state index in [9.17, 15) is 0 Å². The standard InChI is InChI=1S/C14H27N/c1-10-6-5-7-11(8-10)13(15-4)12-9-14(12,2)3/h10-13,15H,5-9H2,1-4H3. The Hall–Kier alpha value is -0.0400. The van der Waals surface area contributed by atoms with Gasteiger partial charge in [-0.15, -0.1) is 0 Å². The van der Waals surface area contributed by atoms with Gasteiger partial charge in [-0.05, 0) is 49.5 Å². The second-order valence-corrected chi connectivity index (χ2v) is 6.65. The summed E-state index contributed by atoms with van der Waals surface area (Å²) in [4.78, 5) is 0. The van der Waals surface area contributed by atoms with E-state index in [0.717, 1.165) is 23.8 Å². The molecule has 4 atom stereocenters. The van der Waals surface area contributed by atoms with Crippen LogP contribution in [-0.4, -0.2) is 13.1 Å². The maximum Gasteiger partial charge on any atom is 0.0126 e. The van der Waals surface area contributed by atoms with Crippen molar-refractivity contribution in [1.82, 2.24) is 5.32 Å². The summed E-state index contributed by atoms with van der Waals surface area (Å²) < 4.78 is 0. The summed E-state index contributed by atoms with van der Waals surface area (Å²) in [6, 6.07) is 0.794. The van der Waals surface area contributed by atoms with Crippen LogP contribution >= 0.6 is 0 Å². The quantitative estimate of drug-likeness (QED) is 0.750. The molecule has 2 aliphatic rings. The number of hydrogen-bond acceptors (Lipinski definition) is 1. The summed E-state index contributed by atoms with van der Waals surface area (Å²) >= 11 is 0. The molecule has 0 aromatic rings. The summed E-state index contributed by atoms with van der Waals surface area (Å²) in [7, 11) is 2.17. The number of hydrogen-bond donors (Lipinski definition) is 1. The first-order chi connectivity index (χ1) is 7.04. The van der Waals surface area contributed by atoms with E-state index >= 15 is 0 Å². The summed E-state index contributed by atoms with van der Waals surface area (Å²) in [5, 5.41) is 3.61. The van der Waals surface area contributed by atoms with Gasteiger partial charge in [-0.2, -0.15) is 0 Å². The first-order valence-corrected chi connectivity index (χ1v) is 6.72. The van der Waals surface area contributed by atoms with E-state index in [1.54, 1.807) is 0 Å². The molecule has 15 heavy (non-hydrogen) atoms. The molecule has 0 aromatic carbocycles. The molecule has 2 aliphatic carbocycles. The van der Waals surface area contributed by atoms with Crippen LogP contribution in [0.15, 0.2) is 0 Å². The third-order valence-corrected chi connectivity index (χ3v) is 4.84. The van der Waals surface area contributed by atoms with Gasteiger partial charge in [0.15, 0.2) is 0 Å². The molecule has 0 amide bonds. The predicted octanol–water partition coefficient (Wildman–Crippen LogP) is 3.45. The minimum absolute atomic E-state index is 0.619. The van der Waals surface area contributed by atoms with Gasteiger partial charge in [0.25, 0.3) is 0 Å². The molecule has 2 fully saturated rings. The molecule has 0 saturated heterocycles. The van der Waals surface area contributed by atoms with Gasteiger partial charge in [-0.3, -0.25) is 0 Å². The highest BCUT2D eigenvalue weighted by Crippen LogP contribution is 2.56. The molecule has 0 radical (unpaired) electrons. The van der Waals surface area contributed by atoms with Crippen LogP contribution in [-0.2, 0) is 0 Å². The van der Waals surface area contributed by atoms with Crippen LogP contribution in [0.2, 0.25) is 0 Å². The molecule has 0 heterocycles. The van der Waals surface area contributed by atoms with Gasteiger partial charge in [-0.25, -0.2) is 0 Å². The molecule has 2 rings (SSSR count). The van der Waals surface area contributed by atoms with Crippen molar-refractivity contribution in [1.29, 1.82) is 0 Å². The highest BCUT2D eigenvalue weighted by molar-refractivity contribution is 5.03. The van der Waals surface area contributed by atoms with Gasteiger partial charge in [0.1, 0.15) is 0 Å². The van der Waals surface area contributed by atoms with Gasteiger partial charge >= 0.3 is 0 Å². The van der Waals surface area contributed by atoms with E-state index in [4.69, 9.17) is 0 Å².